The molecule has 25 heavy (non-hydrogen) atoms. The fourth-order valence-corrected chi connectivity index (χ4v) is 2.68. The van der Waals surface area contributed by atoms with Crippen molar-refractivity contribution in [2.75, 3.05) is 5.32 Å². The smallest absolute Gasteiger partial charge is 0.329 e. The maximum absolute atomic E-state index is 12.5. The Kier molecular flexibility index (Phi) is 3.68. The maximum Gasteiger partial charge on any atom is 0.329 e. The molecular formula is C14H11N5O6. The Bertz CT molecular complexity index is 1030. The van der Waals surface area contributed by atoms with Crippen molar-refractivity contribution in [1.82, 2.24) is 9.55 Å². The number of allylic oxidation sites excluding steroid dienone is 1. The second-order valence-electron chi connectivity index (χ2n) is 5.34. The van der Waals surface area contributed by atoms with Crippen molar-refractivity contribution < 1.29 is 9.85 Å². The van der Waals surface area contributed by atoms with Crippen LogP contribution in [-0.2, 0) is 7.05 Å². The average Bonchev–Trinajstić information content (AvgIpc) is 2.58. The molecule has 0 bridgehead atoms. The lowest BCUT2D eigenvalue weighted by Crippen LogP contribution is -2.39. The van der Waals surface area contributed by atoms with Crippen LogP contribution in [-0.4, -0.2) is 19.4 Å². The number of H-pyrrole nitrogens is 1. The van der Waals surface area contributed by atoms with E-state index in [2.05, 4.69) is 10.3 Å². The van der Waals surface area contributed by atoms with Crippen molar-refractivity contribution in [3.63, 3.8) is 0 Å². The van der Waals surface area contributed by atoms with Gasteiger partial charge in [0, 0.05) is 19.2 Å². The van der Waals surface area contributed by atoms with Crippen molar-refractivity contribution >= 4 is 11.5 Å². The molecule has 0 saturated carbocycles. The van der Waals surface area contributed by atoms with E-state index in [9.17, 15) is 29.8 Å². The molecule has 2 N–H and O–H groups in total. The topological polar surface area (TPSA) is 153 Å². The number of hydrogen-bond donors (Lipinski definition) is 2. The second kappa shape index (κ2) is 5.70. The van der Waals surface area contributed by atoms with Gasteiger partial charge in [-0.15, -0.1) is 0 Å². The van der Waals surface area contributed by atoms with Gasteiger partial charge in [-0.05, 0) is 5.56 Å². The number of aromatic nitrogens is 2. The van der Waals surface area contributed by atoms with Crippen LogP contribution in [0.15, 0.2) is 45.8 Å². The van der Waals surface area contributed by atoms with Crippen LogP contribution in [0.5, 0.6) is 0 Å². The number of nitro benzene ring substituents is 1. The van der Waals surface area contributed by atoms with Gasteiger partial charge in [-0.2, -0.15) is 0 Å². The van der Waals surface area contributed by atoms with E-state index < -0.39 is 27.0 Å². The summed E-state index contributed by atoms with van der Waals surface area (Å²) in [4.78, 5) is 47.6. The lowest BCUT2D eigenvalue weighted by Gasteiger charge is -2.22. The van der Waals surface area contributed by atoms with E-state index in [0.717, 1.165) is 10.8 Å². The van der Waals surface area contributed by atoms with Gasteiger partial charge in [0.1, 0.15) is 11.7 Å². The molecule has 1 aliphatic heterocycles. The van der Waals surface area contributed by atoms with Crippen molar-refractivity contribution in [3.8, 4) is 0 Å². The highest BCUT2D eigenvalue weighted by Gasteiger charge is 2.37. The molecule has 1 atom stereocenters. The van der Waals surface area contributed by atoms with Crippen molar-refractivity contribution in [1.29, 1.82) is 0 Å². The number of nitro groups is 2. The molecule has 0 aliphatic carbocycles. The highest BCUT2D eigenvalue weighted by atomic mass is 16.6. The molecule has 11 nitrogen and oxygen atoms in total. The minimum atomic E-state index is -1.08. The number of benzene rings is 1. The van der Waals surface area contributed by atoms with Gasteiger partial charge >= 0.3 is 5.69 Å². The van der Waals surface area contributed by atoms with Gasteiger partial charge in [0.05, 0.1) is 21.6 Å². The Balaban J connectivity index is 2.26. The zero-order valence-electron chi connectivity index (χ0n) is 12.8. The quantitative estimate of drug-likeness (QED) is 0.611. The molecule has 0 radical (unpaired) electrons. The SMILES string of the molecule is Cn1c(=O)[nH]c2c(c1=O)C(c1ccc([N+](=O)[O-])cc1)C([N+](=O)[O-])=CN2. The zero-order chi connectivity index (χ0) is 18.3. The summed E-state index contributed by atoms with van der Waals surface area (Å²) in [6, 6.07) is 5.09. The number of anilines is 1. The molecule has 1 aromatic heterocycles. The molecule has 1 aliphatic rings. The molecule has 3 rings (SSSR count). The summed E-state index contributed by atoms with van der Waals surface area (Å²) < 4.78 is 0.807. The van der Waals surface area contributed by atoms with Crippen LogP contribution in [0, 0.1) is 20.2 Å². The number of fused-ring (bicyclic) bond motifs is 1. The van der Waals surface area contributed by atoms with E-state index in [-0.39, 0.29) is 22.8 Å². The Morgan fingerprint density at radius 1 is 1.08 bits per heavy atom. The summed E-state index contributed by atoms with van der Waals surface area (Å²) in [5.74, 6) is -1.02. The van der Waals surface area contributed by atoms with Crippen LogP contribution >= 0.6 is 0 Å². The largest absolute Gasteiger partial charge is 0.342 e. The molecule has 1 unspecified atom stereocenters. The highest BCUT2D eigenvalue weighted by molar-refractivity contribution is 5.57. The Labute approximate surface area is 138 Å². The van der Waals surface area contributed by atoms with Crippen LogP contribution < -0.4 is 16.6 Å². The number of aromatic amines is 1. The van der Waals surface area contributed by atoms with E-state index in [0.29, 0.717) is 5.56 Å². The third-order valence-electron chi connectivity index (χ3n) is 3.94. The fourth-order valence-electron chi connectivity index (χ4n) is 2.68. The Morgan fingerprint density at radius 3 is 2.28 bits per heavy atom. The van der Waals surface area contributed by atoms with Crippen LogP contribution in [0.2, 0.25) is 0 Å². The van der Waals surface area contributed by atoms with Crippen molar-refractivity contribution in [2.45, 2.75) is 5.92 Å². The summed E-state index contributed by atoms with van der Waals surface area (Å²) in [5, 5.41) is 24.7. The van der Waals surface area contributed by atoms with Crippen LogP contribution in [0.4, 0.5) is 11.5 Å². The number of nitrogens with zero attached hydrogens (tertiary/aromatic N) is 3. The first kappa shape index (κ1) is 16.1. The van der Waals surface area contributed by atoms with Crippen molar-refractivity contribution in [3.05, 3.63) is 88.4 Å². The van der Waals surface area contributed by atoms with Gasteiger partial charge in [-0.3, -0.25) is 34.6 Å². The van der Waals surface area contributed by atoms with Crippen LogP contribution in [0.3, 0.4) is 0 Å². The van der Waals surface area contributed by atoms with Crippen molar-refractivity contribution in [2.24, 2.45) is 7.05 Å². The van der Waals surface area contributed by atoms with E-state index >= 15 is 0 Å². The van der Waals surface area contributed by atoms with Gasteiger partial charge in [0.2, 0.25) is 0 Å². The van der Waals surface area contributed by atoms with Gasteiger partial charge in [-0.1, -0.05) is 12.1 Å². The summed E-state index contributed by atoms with van der Waals surface area (Å²) in [7, 11) is 1.25. The average molecular weight is 345 g/mol. The fraction of sp³-hybridized carbons (Fsp3) is 0.143. The lowest BCUT2D eigenvalue weighted by molar-refractivity contribution is -0.429. The third-order valence-corrected chi connectivity index (χ3v) is 3.94. The molecule has 1 aromatic carbocycles. The normalized spacial score (nSPS) is 15.7. The second-order valence-corrected chi connectivity index (χ2v) is 5.34. The van der Waals surface area contributed by atoms with Gasteiger partial charge in [-0.25, -0.2) is 4.79 Å². The van der Waals surface area contributed by atoms with Gasteiger partial charge in [0.25, 0.3) is 16.9 Å². The highest BCUT2D eigenvalue weighted by Crippen LogP contribution is 2.36. The summed E-state index contributed by atoms with van der Waals surface area (Å²) in [6.07, 6.45) is 1.09. The monoisotopic (exact) mass is 345 g/mol. The van der Waals surface area contributed by atoms with E-state index in [1.807, 2.05) is 0 Å². The van der Waals surface area contributed by atoms with Crippen LogP contribution in [0.25, 0.3) is 0 Å². The summed E-state index contributed by atoms with van der Waals surface area (Å²) in [6.45, 7) is 0. The molecule has 11 heteroatoms. The van der Waals surface area contributed by atoms with E-state index in [4.69, 9.17) is 0 Å². The maximum atomic E-state index is 12.5. The summed E-state index contributed by atoms with van der Waals surface area (Å²) in [5.41, 5.74) is -1.55. The van der Waals surface area contributed by atoms with Gasteiger partial charge in [0.15, 0.2) is 0 Å². The number of nitrogens with one attached hydrogen (secondary N) is 2. The predicted molar refractivity (Wildman–Crippen MR) is 85.9 cm³/mol. The number of non-ortho nitro benzene ring substituents is 1. The van der Waals surface area contributed by atoms with Gasteiger partial charge < -0.3 is 5.32 Å². The predicted octanol–water partition coefficient (Wildman–Crippen LogP) is 0.657. The standard InChI is InChI=1S/C14H11N5O6/c1-17-13(20)11-10(7-2-4-8(5-3-7)18(22)23)9(19(24)25)6-15-12(11)16-14(17)21/h2-6,10,15H,1H3,(H,16,21). The first-order valence-corrected chi connectivity index (χ1v) is 6.99. The minimum absolute atomic E-state index is 0.00912. The molecular weight excluding hydrogens is 334 g/mol. The molecule has 128 valence electrons. The van der Waals surface area contributed by atoms with Crippen LogP contribution in [0.1, 0.15) is 17.0 Å². The molecule has 2 heterocycles. The minimum Gasteiger partial charge on any atom is -0.342 e. The first-order valence-electron chi connectivity index (χ1n) is 6.99. The summed E-state index contributed by atoms with van der Waals surface area (Å²) >= 11 is 0. The molecule has 2 aromatic rings. The molecule has 0 amide bonds. The Hall–Kier alpha value is -3.76. The molecule has 0 fully saturated rings. The third kappa shape index (κ3) is 2.56. The zero-order valence-corrected chi connectivity index (χ0v) is 12.8. The lowest BCUT2D eigenvalue weighted by atomic mass is 9.88. The first-order chi connectivity index (χ1) is 11.8. The number of hydrogen-bond acceptors (Lipinski definition) is 7. The number of rotatable bonds is 3. The van der Waals surface area contributed by atoms with E-state index in [1.54, 1.807) is 0 Å². The molecule has 0 spiro atoms. The van der Waals surface area contributed by atoms with E-state index in [1.165, 1.54) is 31.3 Å². The molecule has 0 saturated heterocycles. The Morgan fingerprint density at radius 2 is 1.72 bits per heavy atom.